The van der Waals surface area contributed by atoms with Crippen LogP contribution in [0.3, 0.4) is 0 Å². The lowest BCUT2D eigenvalue weighted by Crippen LogP contribution is -2.14. The van der Waals surface area contributed by atoms with Crippen molar-refractivity contribution in [2.24, 2.45) is 0 Å². The van der Waals surface area contributed by atoms with Crippen molar-refractivity contribution in [1.29, 1.82) is 0 Å². The molecule has 1 N–H and O–H groups in total. The molecule has 5 rings (SSSR count). The number of aromatic nitrogens is 3. The number of ether oxygens (including phenoxy) is 1. The van der Waals surface area contributed by atoms with E-state index in [0.717, 1.165) is 45.7 Å². The number of alkyl halides is 3. The Bertz CT molecular complexity index is 1270. The molecule has 0 amide bonds. The van der Waals surface area contributed by atoms with Crippen LogP contribution in [0.5, 0.6) is 0 Å². The highest BCUT2D eigenvalue weighted by Crippen LogP contribution is 2.33. The van der Waals surface area contributed by atoms with Gasteiger partial charge in [0.1, 0.15) is 6.61 Å². The molecule has 5 nitrogen and oxygen atoms in total. The Morgan fingerprint density at radius 1 is 1.06 bits per heavy atom. The third kappa shape index (κ3) is 3.84. The van der Waals surface area contributed by atoms with E-state index >= 15 is 0 Å². The van der Waals surface area contributed by atoms with Gasteiger partial charge in [-0.05, 0) is 35.9 Å². The van der Waals surface area contributed by atoms with Gasteiger partial charge < -0.3 is 10.1 Å². The third-order valence-electron chi connectivity index (χ3n) is 5.06. The smallest absolute Gasteiger partial charge is 0.416 e. The van der Waals surface area contributed by atoms with E-state index in [-0.39, 0.29) is 6.54 Å². The molecule has 2 aromatic carbocycles. The van der Waals surface area contributed by atoms with Crippen molar-refractivity contribution in [2.45, 2.75) is 12.7 Å². The lowest BCUT2D eigenvalue weighted by atomic mass is 10.1. The Hall–Kier alpha value is -3.81. The first-order valence-corrected chi connectivity index (χ1v) is 9.64. The predicted octanol–water partition coefficient (Wildman–Crippen LogP) is 4.93. The lowest BCUT2D eigenvalue weighted by molar-refractivity contribution is -0.137. The van der Waals surface area contributed by atoms with Gasteiger partial charge in [0.15, 0.2) is 5.76 Å². The topological polar surface area (TPSA) is 55.3 Å². The summed E-state index contributed by atoms with van der Waals surface area (Å²) in [5, 5.41) is 8.68. The van der Waals surface area contributed by atoms with Crippen molar-refractivity contribution in [3.8, 4) is 5.69 Å². The van der Waals surface area contributed by atoms with Gasteiger partial charge in [-0.25, -0.2) is 4.68 Å². The van der Waals surface area contributed by atoms with Crippen LogP contribution in [-0.2, 0) is 17.5 Å². The summed E-state index contributed by atoms with van der Waals surface area (Å²) in [5.41, 5.74) is 3.24. The molecule has 0 spiro atoms. The summed E-state index contributed by atoms with van der Waals surface area (Å²) >= 11 is 0. The Morgan fingerprint density at radius 3 is 2.65 bits per heavy atom. The number of rotatable bonds is 5. The standard InChI is InChI=1S/C23H17F3N4O/c24-23(25,26)16-5-1-4-15(10-16)11-28-22(21-14-31-21)18-7-2-8-20-19(18)13-29-30(20)17-6-3-9-27-12-17/h1-10,12-13,28H,11,14H2/b22-21+. The zero-order valence-electron chi connectivity index (χ0n) is 16.2. The molecule has 8 heteroatoms. The number of fused-ring (bicyclic) bond motifs is 1. The van der Waals surface area contributed by atoms with Gasteiger partial charge in [-0.1, -0.05) is 24.3 Å². The molecule has 1 fully saturated rings. The van der Waals surface area contributed by atoms with Crippen molar-refractivity contribution in [2.75, 3.05) is 6.61 Å². The summed E-state index contributed by atoms with van der Waals surface area (Å²) in [4.78, 5) is 4.15. The highest BCUT2D eigenvalue weighted by Gasteiger charge is 2.30. The van der Waals surface area contributed by atoms with Crippen LogP contribution in [-0.4, -0.2) is 21.4 Å². The van der Waals surface area contributed by atoms with Gasteiger partial charge in [-0.2, -0.15) is 18.3 Å². The second kappa shape index (κ2) is 7.46. The Balaban J connectivity index is 1.48. The summed E-state index contributed by atoms with van der Waals surface area (Å²) in [7, 11) is 0. The molecule has 3 heterocycles. The van der Waals surface area contributed by atoms with Crippen LogP contribution in [0.4, 0.5) is 13.2 Å². The largest absolute Gasteiger partial charge is 0.484 e. The number of hydrogen-bond acceptors (Lipinski definition) is 4. The van der Waals surface area contributed by atoms with Crippen molar-refractivity contribution in [3.05, 3.63) is 95.6 Å². The van der Waals surface area contributed by atoms with Crippen LogP contribution >= 0.6 is 0 Å². The lowest BCUT2D eigenvalue weighted by Gasteiger charge is -2.13. The van der Waals surface area contributed by atoms with E-state index in [2.05, 4.69) is 15.4 Å². The Labute approximate surface area is 175 Å². The number of benzene rings is 2. The SMILES string of the molecule is FC(F)(F)c1cccc(CN/C(=C2\CO2)c2cccc3c2cnn3-c2cccnc2)c1. The zero-order chi connectivity index (χ0) is 21.4. The van der Waals surface area contributed by atoms with Crippen molar-refractivity contribution < 1.29 is 17.9 Å². The number of epoxide rings is 1. The van der Waals surface area contributed by atoms with E-state index < -0.39 is 11.7 Å². The fraction of sp³-hybridized carbons (Fsp3) is 0.130. The van der Waals surface area contributed by atoms with Crippen LogP contribution in [0.15, 0.2) is 78.9 Å². The normalized spacial score (nSPS) is 14.9. The van der Waals surface area contributed by atoms with Gasteiger partial charge in [0.25, 0.3) is 0 Å². The van der Waals surface area contributed by atoms with E-state index in [1.807, 2.05) is 30.3 Å². The van der Waals surface area contributed by atoms with Gasteiger partial charge in [-0.15, -0.1) is 0 Å². The quantitative estimate of drug-likeness (QED) is 0.464. The molecule has 0 radical (unpaired) electrons. The molecule has 156 valence electrons. The molecule has 1 saturated heterocycles. The van der Waals surface area contributed by atoms with Crippen LogP contribution in [0, 0.1) is 0 Å². The molecule has 0 aliphatic carbocycles. The number of halogens is 3. The number of hydrogen-bond donors (Lipinski definition) is 1. The van der Waals surface area contributed by atoms with E-state index in [9.17, 15) is 13.2 Å². The van der Waals surface area contributed by atoms with Crippen molar-refractivity contribution in [3.63, 3.8) is 0 Å². The van der Waals surface area contributed by atoms with Gasteiger partial charge in [0.05, 0.1) is 34.9 Å². The van der Waals surface area contributed by atoms with Gasteiger partial charge in [0.2, 0.25) is 0 Å². The fourth-order valence-corrected chi connectivity index (χ4v) is 3.53. The van der Waals surface area contributed by atoms with E-state index in [1.165, 1.54) is 6.07 Å². The minimum absolute atomic E-state index is 0.235. The minimum Gasteiger partial charge on any atom is -0.484 e. The summed E-state index contributed by atoms with van der Waals surface area (Å²) in [5.74, 6) is 0.772. The molecular formula is C23H17F3N4O. The molecule has 0 saturated carbocycles. The average molecular weight is 422 g/mol. The fourth-order valence-electron chi connectivity index (χ4n) is 3.53. The first-order chi connectivity index (χ1) is 15.0. The highest BCUT2D eigenvalue weighted by molar-refractivity contribution is 5.93. The summed E-state index contributed by atoms with van der Waals surface area (Å²) in [6, 6.07) is 14.9. The predicted molar refractivity (Wildman–Crippen MR) is 110 cm³/mol. The number of nitrogens with one attached hydrogen (secondary N) is 1. The monoisotopic (exact) mass is 422 g/mol. The summed E-state index contributed by atoms with van der Waals surface area (Å²) < 4.78 is 46.3. The molecule has 2 aromatic heterocycles. The van der Waals surface area contributed by atoms with Crippen LogP contribution in [0.2, 0.25) is 0 Å². The molecular weight excluding hydrogens is 405 g/mol. The van der Waals surface area contributed by atoms with Gasteiger partial charge in [0, 0.05) is 23.7 Å². The van der Waals surface area contributed by atoms with Crippen LogP contribution in [0.25, 0.3) is 22.3 Å². The summed E-state index contributed by atoms with van der Waals surface area (Å²) in [6.07, 6.45) is 0.829. The van der Waals surface area contributed by atoms with Crippen LogP contribution < -0.4 is 5.32 Å². The molecule has 0 unspecified atom stereocenters. The molecule has 31 heavy (non-hydrogen) atoms. The second-order valence-electron chi connectivity index (χ2n) is 7.14. The van der Waals surface area contributed by atoms with Gasteiger partial charge >= 0.3 is 6.18 Å². The van der Waals surface area contributed by atoms with Gasteiger partial charge in [-0.3, -0.25) is 4.98 Å². The molecule has 4 aromatic rings. The van der Waals surface area contributed by atoms with Crippen molar-refractivity contribution >= 4 is 16.6 Å². The third-order valence-corrected chi connectivity index (χ3v) is 5.06. The highest BCUT2D eigenvalue weighted by atomic mass is 19.4. The van der Waals surface area contributed by atoms with E-state index in [4.69, 9.17) is 4.74 Å². The Morgan fingerprint density at radius 2 is 1.90 bits per heavy atom. The maximum Gasteiger partial charge on any atom is 0.416 e. The minimum atomic E-state index is -4.37. The van der Waals surface area contributed by atoms with E-state index in [0.29, 0.717) is 12.2 Å². The first-order valence-electron chi connectivity index (χ1n) is 9.64. The maximum absolute atomic E-state index is 13.0. The molecule has 0 atom stereocenters. The van der Waals surface area contributed by atoms with Crippen molar-refractivity contribution in [1.82, 2.24) is 20.1 Å². The summed E-state index contributed by atoms with van der Waals surface area (Å²) in [6.45, 7) is 0.720. The second-order valence-corrected chi connectivity index (χ2v) is 7.14. The zero-order valence-corrected chi connectivity index (χ0v) is 16.2. The Kier molecular flexibility index (Phi) is 4.62. The first kappa shape index (κ1) is 19.2. The molecule has 0 bridgehead atoms. The van der Waals surface area contributed by atoms with Crippen LogP contribution in [0.1, 0.15) is 16.7 Å². The van der Waals surface area contributed by atoms with E-state index in [1.54, 1.807) is 29.3 Å². The molecule has 1 aliphatic heterocycles. The number of pyridine rings is 1. The molecule has 1 aliphatic rings. The number of nitrogens with zero attached hydrogens (tertiary/aromatic N) is 3. The maximum atomic E-state index is 13.0. The average Bonchev–Trinajstić information content (AvgIpc) is 3.52.